The Labute approximate surface area is 134 Å². The average Bonchev–Trinajstić information content (AvgIpc) is 2.46. The number of rotatable bonds is 4. The van der Waals surface area contributed by atoms with Gasteiger partial charge in [0.1, 0.15) is 18.4 Å². The highest BCUT2D eigenvalue weighted by Gasteiger charge is 2.11. The van der Waals surface area contributed by atoms with Crippen molar-refractivity contribution < 1.29 is 9.66 Å². The average molecular weight is 368 g/mol. The number of nitro benzene ring substituents is 1. The number of hydrogen-bond donors (Lipinski definition) is 0. The summed E-state index contributed by atoms with van der Waals surface area (Å²) in [5, 5.41) is 20.1. The van der Waals surface area contributed by atoms with Gasteiger partial charge in [-0.3, -0.25) is 10.1 Å². The molecule has 7 heteroatoms. The van der Waals surface area contributed by atoms with Crippen LogP contribution in [0.4, 0.5) is 5.69 Å². The molecular weight excluding hydrogens is 360 g/mol. The van der Waals surface area contributed by atoms with Gasteiger partial charge in [0, 0.05) is 33.3 Å². The minimum absolute atomic E-state index is 0.00825. The van der Waals surface area contributed by atoms with Crippen molar-refractivity contribution in [1.82, 2.24) is 0 Å². The van der Waals surface area contributed by atoms with E-state index < -0.39 is 4.92 Å². The Morgan fingerprint density at radius 1 is 1.33 bits per heavy atom. The van der Waals surface area contributed by atoms with E-state index in [1.54, 1.807) is 24.3 Å². The van der Waals surface area contributed by atoms with Gasteiger partial charge in [-0.15, -0.1) is 0 Å². The largest absolute Gasteiger partial charge is 0.487 e. The molecular formula is C14H8BrClN2O3. The first-order chi connectivity index (χ1) is 10.0. The summed E-state index contributed by atoms with van der Waals surface area (Å²) in [6, 6.07) is 11.1. The third-order valence-electron chi connectivity index (χ3n) is 2.69. The van der Waals surface area contributed by atoms with Crippen LogP contribution in [0, 0.1) is 21.4 Å². The molecule has 0 aliphatic heterocycles. The standard InChI is InChI=1S/C14H8BrClN2O3/c15-13-6-12(18(19)20)4-2-10(13)8-21-14-5-11(16)3-1-9(14)7-17/h1-6H,8H2. The maximum Gasteiger partial charge on any atom is 0.270 e. The summed E-state index contributed by atoms with van der Waals surface area (Å²) in [5.41, 5.74) is 1.09. The Bertz CT molecular complexity index is 743. The summed E-state index contributed by atoms with van der Waals surface area (Å²) in [5.74, 6) is 0.371. The Balaban J connectivity index is 2.19. The third-order valence-corrected chi connectivity index (χ3v) is 3.67. The Kier molecular flexibility index (Phi) is 4.78. The Morgan fingerprint density at radius 2 is 2.10 bits per heavy atom. The Hall–Kier alpha value is -2.10. The third kappa shape index (κ3) is 3.72. The molecule has 106 valence electrons. The van der Waals surface area contributed by atoms with Crippen LogP contribution >= 0.6 is 27.5 Å². The van der Waals surface area contributed by atoms with Gasteiger partial charge in [-0.1, -0.05) is 27.5 Å². The van der Waals surface area contributed by atoms with Gasteiger partial charge >= 0.3 is 0 Å². The summed E-state index contributed by atoms with van der Waals surface area (Å²) >= 11 is 9.13. The SMILES string of the molecule is N#Cc1ccc(Cl)cc1OCc1ccc([N+](=O)[O-])cc1Br. The molecule has 0 heterocycles. The molecule has 0 N–H and O–H groups in total. The van der Waals surface area contributed by atoms with Gasteiger partial charge in [-0.05, 0) is 18.2 Å². The molecule has 0 amide bonds. The van der Waals surface area contributed by atoms with E-state index in [0.29, 0.717) is 20.8 Å². The van der Waals surface area contributed by atoms with E-state index in [4.69, 9.17) is 21.6 Å². The van der Waals surface area contributed by atoms with Crippen molar-refractivity contribution in [3.05, 3.63) is 67.1 Å². The highest BCUT2D eigenvalue weighted by Crippen LogP contribution is 2.27. The summed E-state index contributed by atoms with van der Waals surface area (Å²) in [6.07, 6.45) is 0. The predicted molar refractivity (Wildman–Crippen MR) is 81.3 cm³/mol. The van der Waals surface area contributed by atoms with Gasteiger partial charge in [0.15, 0.2) is 0 Å². The van der Waals surface area contributed by atoms with Crippen LogP contribution < -0.4 is 4.74 Å². The minimum Gasteiger partial charge on any atom is -0.487 e. The summed E-state index contributed by atoms with van der Waals surface area (Å²) < 4.78 is 6.14. The molecule has 0 atom stereocenters. The van der Waals surface area contributed by atoms with Crippen LogP contribution in [0.1, 0.15) is 11.1 Å². The van der Waals surface area contributed by atoms with Crippen molar-refractivity contribution >= 4 is 33.2 Å². The summed E-state index contributed by atoms with van der Waals surface area (Å²) in [4.78, 5) is 10.2. The predicted octanol–water partition coefficient (Wildman–Crippen LogP) is 4.46. The quantitative estimate of drug-likeness (QED) is 0.590. The van der Waals surface area contributed by atoms with Crippen LogP contribution in [0.5, 0.6) is 5.75 Å². The number of non-ortho nitro benzene ring substituents is 1. The first kappa shape index (κ1) is 15.3. The number of hydrogen-bond acceptors (Lipinski definition) is 4. The maximum absolute atomic E-state index is 10.7. The number of nitriles is 1. The van der Waals surface area contributed by atoms with Gasteiger partial charge in [0.25, 0.3) is 5.69 Å². The van der Waals surface area contributed by atoms with Crippen LogP contribution in [0.2, 0.25) is 5.02 Å². The van der Waals surface area contributed by atoms with E-state index in [1.165, 1.54) is 12.1 Å². The molecule has 0 aromatic heterocycles. The zero-order chi connectivity index (χ0) is 15.4. The lowest BCUT2D eigenvalue weighted by Crippen LogP contribution is -1.99. The first-order valence-corrected chi connectivity index (χ1v) is 6.93. The summed E-state index contributed by atoms with van der Waals surface area (Å²) in [7, 11) is 0. The smallest absolute Gasteiger partial charge is 0.270 e. The molecule has 0 fully saturated rings. The molecule has 2 aromatic carbocycles. The highest BCUT2D eigenvalue weighted by molar-refractivity contribution is 9.10. The van der Waals surface area contributed by atoms with Crippen LogP contribution in [-0.2, 0) is 6.61 Å². The molecule has 0 radical (unpaired) electrons. The van der Waals surface area contributed by atoms with Gasteiger partial charge in [0.05, 0.1) is 10.5 Å². The number of nitro groups is 1. The number of ether oxygens (including phenoxy) is 1. The summed E-state index contributed by atoms with van der Waals surface area (Å²) in [6.45, 7) is 0.160. The molecule has 5 nitrogen and oxygen atoms in total. The molecule has 2 rings (SSSR count). The van der Waals surface area contributed by atoms with Gasteiger partial charge < -0.3 is 4.74 Å². The minimum atomic E-state index is -0.472. The van der Waals surface area contributed by atoms with E-state index in [2.05, 4.69) is 15.9 Å². The van der Waals surface area contributed by atoms with Crippen molar-refractivity contribution in [3.63, 3.8) is 0 Å². The molecule has 0 unspecified atom stereocenters. The Morgan fingerprint density at radius 3 is 2.71 bits per heavy atom. The second-order valence-electron chi connectivity index (χ2n) is 4.07. The molecule has 0 saturated heterocycles. The monoisotopic (exact) mass is 366 g/mol. The fourth-order valence-electron chi connectivity index (χ4n) is 1.63. The van der Waals surface area contributed by atoms with E-state index in [9.17, 15) is 10.1 Å². The van der Waals surface area contributed by atoms with Crippen LogP contribution in [-0.4, -0.2) is 4.92 Å². The van der Waals surface area contributed by atoms with Crippen molar-refractivity contribution in [3.8, 4) is 11.8 Å². The second-order valence-corrected chi connectivity index (χ2v) is 5.36. The number of benzene rings is 2. The van der Waals surface area contributed by atoms with Gasteiger partial charge in [-0.2, -0.15) is 5.26 Å². The molecule has 0 aliphatic carbocycles. The zero-order valence-electron chi connectivity index (χ0n) is 10.5. The lowest BCUT2D eigenvalue weighted by atomic mass is 10.2. The van der Waals surface area contributed by atoms with Crippen molar-refractivity contribution in [2.24, 2.45) is 0 Å². The molecule has 2 aromatic rings. The van der Waals surface area contributed by atoms with Gasteiger partial charge in [0.2, 0.25) is 0 Å². The molecule has 0 aliphatic rings. The fraction of sp³-hybridized carbons (Fsp3) is 0.0714. The molecule has 0 bridgehead atoms. The topological polar surface area (TPSA) is 76.2 Å². The molecule has 0 saturated carbocycles. The van der Waals surface area contributed by atoms with Crippen LogP contribution in [0.15, 0.2) is 40.9 Å². The maximum atomic E-state index is 10.7. The number of halogens is 2. The van der Waals surface area contributed by atoms with E-state index >= 15 is 0 Å². The highest BCUT2D eigenvalue weighted by atomic mass is 79.9. The van der Waals surface area contributed by atoms with Crippen molar-refractivity contribution in [2.75, 3.05) is 0 Å². The second kappa shape index (κ2) is 6.57. The first-order valence-electron chi connectivity index (χ1n) is 5.76. The normalized spacial score (nSPS) is 9.95. The zero-order valence-corrected chi connectivity index (χ0v) is 12.9. The van der Waals surface area contributed by atoms with E-state index in [-0.39, 0.29) is 12.3 Å². The van der Waals surface area contributed by atoms with E-state index in [1.807, 2.05) is 6.07 Å². The van der Waals surface area contributed by atoms with Gasteiger partial charge in [-0.25, -0.2) is 0 Å². The lowest BCUT2D eigenvalue weighted by molar-refractivity contribution is -0.384. The molecule has 0 spiro atoms. The fourth-order valence-corrected chi connectivity index (χ4v) is 2.27. The van der Waals surface area contributed by atoms with Crippen molar-refractivity contribution in [2.45, 2.75) is 6.61 Å². The molecule has 21 heavy (non-hydrogen) atoms. The lowest BCUT2D eigenvalue weighted by Gasteiger charge is -2.09. The van der Waals surface area contributed by atoms with Crippen molar-refractivity contribution in [1.29, 1.82) is 5.26 Å². The van der Waals surface area contributed by atoms with Crippen LogP contribution in [0.25, 0.3) is 0 Å². The number of nitrogens with zero attached hydrogens (tertiary/aromatic N) is 2. The van der Waals surface area contributed by atoms with Crippen LogP contribution in [0.3, 0.4) is 0 Å². The van der Waals surface area contributed by atoms with E-state index in [0.717, 1.165) is 5.56 Å².